The maximum atomic E-state index is 12.5. The van der Waals surface area contributed by atoms with Crippen LogP contribution in [0.25, 0.3) is 11.1 Å². The Balaban J connectivity index is 1.70. The number of rotatable bonds is 6. The Kier molecular flexibility index (Phi) is 4.55. The Morgan fingerprint density at radius 1 is 1.17 bits per heavy atom. The largest absolute Gasteiger partial charge is 0.417 e. The molecule has 7 heteroatoms. The van der Waals surface area contributed by atoms with E-state index in [1.807, 2.05) is 37.3 Å². The zero-order chi connectivity index (χ0) is 17.2. The zero-order valence-electron chi connectivity index (χ0n) is 13.2. The van der Waals surface area contributed by atoms with Crippen molar-refractivity contribution in [1.82, 2.24) is 9.71 Å². The Labute approximate surface area is 139 Å². The molecule has 0 bridgehead atoms. The number of sulfonamides is 1. The third kappa shape index (κ3) is 3.74. The number of aromatic nitrogens is 1. The molecule has 1 atom stereocenters. The molecule has 2 N–H and O–H groups in total. The van der Waals surface area contributed by atoms with Crippen molar-refractivity contribution in [3.05, 3.63) is 64.6 Å². The predicted octanol–water partition coefficient (Wildman–Crippen LogP) is 2.42. The lowest BCUT2D eigenvalue weighted by atomic mass is 10.1. The van der Waals surface area contributed by atoms with Crippen molar-refractivity contribution in [2.75, 3.05) is 0 Å². The number of hydrogen-bond acceptors (Lipinski definition) is 4. The monoisotopic (exact) mass is 346 g/mol. The lowest BCUT2D eigenvalue weighted by Crippen LogP contribution is -2.32. The number of oxazole rings is 1. The van der Waals surface area contributed by atoms with Crippen molar-refractivity contribution in [1.29, 1.82) is 0 Å². The fraction of sp³-hybridized carbons (Fsp3) is 0.235. The molecule has 0 radical (unpaired) electrons. The van der Waals surface area contributed by atoms with E-state index in [-0.39, 0.29) is 10.9 Å². The van der Waals surface area contributed by atoms with E-state index in [4.69, 9.17) is 4.42 Å². The van der Waals surface area contributed by atoms with Crippen LogP contribution in [0.4, 0.5) is 0 Å². The molecule has 1 aromatic heterocycles. The van der Waals surface area contributed by atoms with Crippen LogP contribution in [0, 0.1) is 0 Å². The lowest BCUT2D eigenvalue weighted by molar-refractivity contribution is 0.547. The summed E-state index contributed by atoms with van der Waals surface area (Å²) < 4.78 is 32.5. The van der Waals surface area contributed by atoms with Gasteiger partial charge in [-0.25, -0.2) is 17.9 Å². The second kappa shape index (κ2) is 6.62. The van der Waals surface area contributed by atoms with E-state index in [0.717, 1.165) is 6.42 Å². The van der Waals surface area contributed by atoms with E-state index in [1.54, 1.807) is 0 Å². The van der Waals surface area contributed by atoms with Gasteiger partial charge >= 0.3 is 5.76 Å². The fourth-order valence-corrected chi connectivity index (χ4v) is 3.82. The first kappa shape index (κ1) is 16.5. The number of H-pyrrole nitrogens is 1. The Bertz CT molecular complexity index is 990. The minimum absolute atomic E-state index is 0.0959. The first-order valence-electron chi connectivity index (χ1n) is 7.63. The van der Waals surface area contributed by atoms with Gasteiger partial charge in [-0.2, -0.15) is 0 Å². The highest BCUT2D eigenvalue weighted by Crippen LogP contribution is 2.17. The molecule has 126 valence electrons. The number of aromatic amines is 1. The van der Waals surface area contributed by atoms with Crippen LogP contribution in [0.3, 0.4) is 0 Å². The SMILES string of the molecule is CC(CCc1ccccc1)NS(=O)(=O)c1ccc2oc(=O)[nH]c2c1. The van der Waals surface area contributed by atoms with Crippen molar-refractivity contribution in [2.45, 2.75) is 30.7 Å². The smallest absolute Gasteiger partial charge is 0.408 e. The average molecular weight is 346 g/mol. The molecule has 0 aliphatic rings. The molecule has 0 saturated carbocycles. The molecule has 1 heterocycles. The van der Waals surface area contributed by atoms with Crippen molar-refractivity contribution in [2.24, 2.45) is 0 Å². The summed E-state index contributed by atoms with van der Waals surface area (Å²) in [6, 6.07) is 14.0. The summed E-state index contributed by atoms with van der Waals surface area (Å²) in [5.41, 5.74) is 1.86. The molecule has 0 amide bonds. The molecule has 0 fully saturated rings. The standard InChI is InChI=1S/C17H18N2O4S/c1-12(7-8-13-5-3-2-4-6-13)19-24(21,22)14-9-10-16-15(11-14)18-17(20)23-16/h2-6,9-12,19H,7-8H2,1H3,(H,18,20). The summed E-state index contributed by atoms with van der Waals surface area (Å²) in [7, 11) is -3.66. The quantitative estimate of drug-likeness (QED) is 0.717. The van der Waals surface area contributed by atoms with Crippen LogP contribution in [0.1, 0.15) is 18.9 Å². The van der Waals surface area contributed by atoms with Gasteiger partial charge in [-0.05, 0) is 43.5 Å². The summed E-state index contributed by atoms with van der Waals surface area (Å²) in [5, 5.41) is 0. The highest BCUT2D eigenvalue weighted by molar-refractivity contribution is 7.89. The van der Waals surface area contributed by atoms with E-state index in [0.29, 0.717) is 17.5 Å². The highest BCUT2D eigenvalue weighted by Gasteiger charge is 2.18. The first-order chi connectivity index (χ1) is 11.4. The van der Waals surface area contributed by atoms with Gasteiger partial charge in [-0.1, -0.05) is 30.3 Å². The van der Waals surface area contributed by atoms with Gasteiger partial charge in [0, 0.05) is 6.04 Å². The molecule has 3 aromatic rings. The first-order valence-corrected chi connectivity index (χ1v) is 9.11. The Hall–Kier alpha value is -2.38. The second-order valence-corrected chi connectivity index (χ2v) is 7.43. The van der Waals surface area contributed by atoms with E-state index < -0.39 is 15.8 Å². The molecular weight excluding hydrogens is 328 g/mol. The van der Waals surface area contributed by atoms with Crippen LogP contribution < -0.4 is 10.5 Å². The highest BCUT2D eigenvalue weighted by atomic mass is 32.2. The average Bonchev–Trinajstić information content (AvgIpc) is 2.92. The van der Waals surface area contributed by atoms with Gasteiger partial charge in [0.05, 0.1) is 10.4 Å². The minimum Gasteiger partial charge on any atom is -0.408 e. The molecule has 1 unspecified atom stereocenters. The van der Waals surface area contributed by atoms with Gasteiger partial charge in [0.15, 0.2) is 5.58 Å². The van der Waals surface area contributed by atoms with E-state index in [9.17, 15) is 13.2 Å². The van der Waals surface area contributed by atoms with E-state index in [1.165, 1.54) is 23.8 Å². The number of fused-ring (bicyclic) bond motifs is 1. The summed E-state index contributed by atoms with van der Waals surface area (Å²) >= 11 is 0. The van der Waals surface area contributed by atoms with E-state index in [2.05, 4.69) is 9.71 Å². The van der Waals surface area contributed by atoms with Crippen LogP contribution in [-0.4, -0.2) is 19.4 Å². The zero-order valence-corrected chi connectivity index (χ0v) is 14.0. The predicted molar refractivity (Wildman–Crippen MR) is 91.4 cm³/mol. The van der Waals surface area contributed by atoms with Crippen LogP contribution in [0.15, 0.2) is 62.6 Å². The number of benzene rings is 2. The van der Waals surface area contributed by atoms with Crippen molar-refractivity contribution in [3.63, 3.8) is 0 Å². The maximum absolute atomic E-state index is 12.5. The van der Waals surface area contributed by atoms with Crippen LogP contribution in [0.5, 0.6) is 0 Å². The molecule has 0 spiro atoms. The van der Waals surface area contributed by atoms with Crippen LogP contribution >= 0.6 is 0 Å². The molecule has 0 aliphatic carbocycles. The van der Waals surface area contributed by atoms with Gasteiger partial charge < -0.3 is 4.42 Å². The molecule has 2 aromatic carbocycles. The Morgan fingerprint density at radius 2 is 1.92 bits per heavy atom. The summed E-state index contributed by atoms with van der Waals surface area (Å²) in [6.45, 7) is 1.83. The lowest BCUT2D eigenvalue weighted by Gasteiger charge is -2.14. The Morgan fingerprint density at radius 3 is 2.67 bits per heavy atom. The number of aryl methyl sites for hydroxylation is 1. The molecule has 0 saturated heterocycles. The van der Waals surface area contributed by atoms with E-state index >= 15 is 0 Å². The number of hydrogen-bond donors (Lipinski definition) is 2. The molecule has 3 rings (SSSR count). The van der Waals surface area contributed by atoms with Gasteiger partial charge in [-0.3, -0.25) is 4.98 Å². The third-order valence-corrected chi connectivity index (χ3v) is 5.35. The molecule has 24 heavy (non-hydrogen) atoms. The fourth-order valence-electron chi connectivity index (χ4n) is 2.52. The molecule has 6 nitrogen and oxygen atoms in total. The van der Waals surface area contributed by atoms with Crippen LogP contribution in [-0.2, 0) is 16.4 Å². The summed E-state index contributed by atoms with van der Waals surface area (Å²) in [5.74, 6) is -0.608. The van der Waals surface area contributed by atoms with Gasteiger partial charge in [-0.15, -0.1) is 0 Å². The summed E-state index contributed by atoms with van der Waals surface area (Å²) in [6.07, 6.45) is 1.48. The summed E-state index contributed by atoms with van der Waals surface area (Å²) in [4.78, 5) is 13.7. The van der Waals surface area contributed by atoms with Crippen molar-refractivity contribution >= 4 is 21.1 Å². The molecule has 0 aliphatic heterocycles. The maximum Gasteiger partial charge on any atom is 0.417 e. The third-order valence-electron chi connectivity index (χ3n) is 3.77. The minimum atomic E-state index is -3.66. The van der Waals surface area contributed by atoms with Gasteiger partial charge in [0.25, 0.3) is 0 Å². The van der Waals surface area contributed by atoms with Gasteiger partial charge in [0.1, 0.15) is 0 Å². The van der Waals surface area contributed by atoms with Crippen molar-refractivity contribution < 1.29 is 12.8 Å². The molecular formula is C17H18N2O4S. The normalized spacial score (nSPS) is 13.2. The van der Waals surface area contributed by atoms with Crippen LogP contribution in [0.2, 0.25) is 0 Å². The second-order valence-electron chi connectivity index (χ2n) is 5.72. The van der Waals surface area contributed by atoms with Crippen molar-refractivity contribution in [3.8, 4) is 0 Å². The number of nitrogens with one attached hydrogen (secondary N) is 2. The van der Waals surface area contributed by atoms with Gasteiger partial charge in [0.2, 0.25) is 10.0 Å². The topological polar surface area (TPSA) is 92.2 Å².